The molecule has 0 aliphatic heterocycles. The van der Waals surface area contributed by atoms with Gasteiger partial charge >= 0.3 is 6.18 Å². The van der Waals surface area contributed by atoms with Crippen LogP contribution in [0.1, 0.15) is 15.6 Å². The molecule has 0 saturated carbocycles. The number of aromatic nitrogens is 1. The van der Waals surface area contributed by atoms with E-state index in [0.29, 0.717) is 30.5 Å². The standard InChI is InChI=1S/C14H16ClF3N4S2/c1-19-13(22(2)7-9-3-4-11(15)24-9)20-6-5-12-21-10(8-23-12)14(16,17)18/h3-4,8H,5-7H2,1-2H3,(H,19,20). The monoisotopic (exact) mass is 396 g/mol. The van der Waals surface area contributed by atoms with E-state index in [9.17, 15) is 13.2 Å². The molecule has 0 unspecified atom stereocenters. The highest BCUT2D eigenvalue weighted by atomic mass is 35.5. The number of nitrogens with one attached hydrogen (secondary N) is 1. The van der Waals surface area contributed by atoms with Gasteiger partial charge < -0.3 is 10.2 Å². The van der Waals surface area contributed by atoms with Crippen molar-refractivity contribution in [2.75, 3.05) is 20.6 Å². The summed E-state index contributed by atoms with van der Waals surface area (Å²) in [5.74, 6) is 0.659. The van der Waals surface area contributed by atoms with Gasteiger partial charge in [0.05, 0.1) is 15.9 Å². The summed E-state index contributed by atoms with van der Waals surface area (Å²) in [5.41, 5.74) is -0.835. The maximum absolute atomic E-state index is 12.5. The summed E-state index contributed by atoms with van der Waals surface area (Å²) in [6.45, 7) is 1.10. The van der Waals surface area contributed by atoms with Crippen LogP contribution in [0, 0.1) is 0 Å². The molecule has 0 aliphatic carbocycles. The van der Waals surface area contributed by atoms with Gasteiger partial charge in [-0.2, -0.15) is 13.2 Å². The average Bonchev–Trinajstić information content (AvgIpc) is 3.12. The van der Waals surface area contributed by atoms with Crippen LogP contribution >= 0.6 is 34.3 Å². The molecule has 2 heterocycles. The summed E-state index contributed by atoms with van der Waals surface area (Å²) in [6, 6.07) is 3.79. The molecule has 0 aliphatic rings. The summed E-state index contributed by atoms with van der Waals surface area (Å²) < 4.78 is 38.3. The Hall–Kier alpha value is -1.32. The molecule has 0 fully saturated rings. The van der Waals surface area contributed by atoms with Crippen LogP contribution in [0.2, 0.25) is 4.34 Å². The second-order valence-electron chi connectivity index (χ2n) is 4.91. The summed E-state index contributed by atoms with van der Waals surface area (Å²) in [7, 11) is 3.54. The fraction of sp³-hybridized carbons (Fsp3) is 0.429. The molecular formula is C14H16ClF3N4S2. The normalized spacial score (nSPS) is 12.5. The molecule has 0 saturated heterocycles. The highest BCUT2D eigenvalue weighted by Crippen LogP contribution is 2.30. The molecule has 0 atom stereocenters. The number of thiophene rings is 1. The molecule has 2 aromatic heterocycles. The highest BCUT2D eigenvalue weighted by molar-refractivity contribution is 7.16. The molecule has 4 nitrogen and oxygen atoms in total. The Kier molecular flexibility index (Phi) is 6.47. The lowest BCUT2D eigenvalue weighted by atomic mass is 10.4. The van der Waals surface area contributed by atoms with Crippen LogP contribution < -0.4 is 5.32 Å². The van der Waals surface area contributed by atoms with Gasteiger partial charge in [0.15, 0.2) is 11.7 Å². The number of halogens is 4. The molecule has 132 valence electrons. The lowest BCUT2D eigenvalue weighted by Crippen LogP contribution is -2.39. The zero-order chi connectivity index (χ0) is 17.7. The Bertz CT molecular complexity index is 696. The first-order valence-corrected chi connectivity index (χ1v) is 9.04. The number of hydrogen-bond donors (Lipinski definition) is 1. The van der Waals surface area contributed by atoms with E-state index >= 15 is 0 Å². The molecule has 0 radical (unpaired) electrons. The van der Waals surface area contributed by atoms with Crippen molar-refractivity contribution >= 4 is 40.2 Å². The van der Waals surface area contributed by atoms with Gasteiger partial charge in [-0.3, -0.25) is 4.99 Å². The maximum Gasteiger partial charge on any atom is 0.434 e. The van der Waals surface area contributed by atoms with Crippen LogP contribution in [-0.2, 0) is 19.1 Å². The van der Waals surface area contributed by atoms with Crippen molar-refractivity contribution in [3.8, 4) is 0 Å². The van der Waals surface area contributed by atoms with E-state index in [2.05, 4.69) is 15.3 Å². The van der Waals surface area contributed by atoms with Crippen molar-refractivity contribution in [2.45, 2.75) is 19.1 Å². The van der Waals surface area contributed by atoms with E-state index in [-0.39, 0.29) is 0 Å². The van der Waals surface area contributed by atoms with E-state index < -0.39 is 11.9 Å². The first-order valence-electron chi connectivity index (χ1n) is 6.97. The van der Waals surface area contributed by atoms with E-state index in [1.807, 2.05) is 24.1 Å². The van der Waals surface area contributed by atoms with Crippen molar-refractivity contribution in [3.05, 3.63) is 37.4 Å². The quantitative estimate of drug-likeness (QED) is 0.610. The average molecular weight is 397 g/mol. The van der Waals surface area contributed by atoms with Gasteiger partial charge in [0.1, 0.15) is 0 Å². The summed E-state index contributed by atoms with van der Waals surface area (Å²) in [4.78, 5) is 10.8. The lowest BCUT2D eigenvalue weighted by molar-refractivity contribution is -0.140. The number of hydrogen-bond acceptors (Lipinski definition) is 4. The van der Waals surface area contributed by atoms with Gasteiger partial charge in [0.25, 0.3) is 0 Å². The van der Waals surface area contributed by atoms with Crippen molar-refractivity contribution < 1.29 is 13.2 Å². The van der Waals surface area contributed by atoms with E-state index in [4.69, 9.17) is 11.6 Å². The number of aliphatic imine (C=N–C) groups is 1. The Morgan fingerprint density at radius 1 is 1.42 bits per heavy atom. The van der Waals surface area contributed by atoms with E-state index in [0.717, 1.165) is 25.9 Å². The third-order valence-corrected chi connectivity index (χ3v) is 5.18. The number of alkyl halides is 3. The maximum atomic E-state index is 12.5. The molecular weight excluding hydrogens is 381 g/mol. The Balaban J connectivity index is 1.84. The minimum atomic E-state index is -4.39. The molecule has 2 rings (SSSR count). The zero-order valence-corrected chi connectivity index (χ0v) is 15.4. The van der Waals surface area contributed by atoms with Crippen LogP contribution in [0.3, 0.4) is 0 Å². The fourth-order valence-corrected chi connectivity index (χ4v) is 3.91. The van der Waals surface area contributed by atoms with Crippen LogP contribution in [0.15, 0.2) is 22.5 Å². The predicted molar refractivity (Wildman–Crippen MR) is 93.0 cm³/mol. The van der Waals surface area contributed by atoms with Crippen LogP contribution in [0.5, 0.6) is 0 Å². The first-order chi connectivity index (χ1) is 11.3. The van der Waals surface area contributed by atoms with Gasteiger partial charge in [-0.1, -0.05) is 11.6 Å². The van der Waals surface area contributed by atoms with Crippen LogP contribution in [-0.4, -0.2) is 36.5 Å². The van der Waals surface area contributed by atoms with Crippen molar-refractivity contribution in [2.24, 2.45) is 4.99 Å². The second kappa shape index (κ2) is 8.17. The lowest BCUT2D eigenvalue weighted by Gasteiger charge is -2.21. The van der Waals surface area contributed by atoms with Crippen LogP contribution in [0.25, 0.3) is 0 Å². The third-order valence-electron chi connectivity index (χ3n) is 3.06. The summed E-state index contributed by atoms with van der Waals surface area (Å²) in [6.07, 6.45) is -3.99. The Morgan fingerprint density at radius 2 is 2.17 bits per heavy atom. The number of nitrogens with zero attached hydrogens (tertiary/aromatic N) is 3. The van der Waals surface area contributed by atoms with E-state index in [1.54, 1.807) is 7.05 Å². The molecule has 1 N–H and O–H groups in total. The Morgan fingerprint density at radius 3 is 2.71 bits per heavy atom. The number of thiazole rings is 1. The molecule has 24 heavy (non-hydrogen) atoms. The molecule has 0 amide bonds. The van der Waals surface area contributed by atoms with Gasteiger partial charge in [0.2, 0.25) is 0 Å². The second-order valence-corrected chi connectivity index (χ2v) is 7.65. The molecule has 2 aromatic rings. The first kappa shape index (κ1) is 19.0. The van der Waals surface area contributed by atoms with Crippen molar-refractivity contribution in [1.82, 2.24) is 15.2 Å². The number of rotatable bonds is 5. The largest absolute Gasteiger partial charge is 0.434 e. The van der Waals surface area contributed by atoms with Gasteiger partial charge in [-0.05, 0) is 12.1 Å². The summed E-state index contributed by atoms with van der Waals surface area (Å²) in [5, 5.41) is 4.61. The number of guanidine groups is 1. The van der Waals surface area contributed by atoms with Crippen LogP contribution in [0.4, 0.5) is 13.2 Å². The molecule has 0 bridgehead atoms. The topological polar surface area (TPSA) is 40.5 Å². The highest BCUT2D eigenvalue weighted by Gasteiger charge is 2.33. The minimum absolute atomic E-state index is 0.401. The van der Waals surface area contributed by atoms with Gasteiger partial charge in [0, 0.05) is 37.3 Å². The van der Waals surface area contributed by atoms with Gasteiger partial charge in [-0.25, -0.2) is 4.98 Å². The summed E-state index contributed by atoms with van der Waals surface area (Å²) >= 11 is 8.42. The molecule has 0 spiro atoms. The SMILES string of the molecule is CN=C(NCCc1nc(C(F)(F)F)cs1)N(C)Cc1ccc(Cl)s1. The fourth-order valence-electron chi connectivity index (χ4n) is 1.97. The Labute approximate surface area is 151 Å². The molecule has 0 aromatic carbocycles. The third kappa shape index (κ3) is 5.35. The van der Waals surface area contributed by atoms with Gasteiger partial charge in [-0.15, -0.1) is 22.7 Å². The zero-order valence-electron chi connectivity index (χ0n) is 13.0. The smallest absolute Gasteiger partial charge is 0.356 e. The van der Waals surface area contributed by atoms with E-state index in [1.165, 1.54) is 11.3 Å². The predicted octanol–water partition coefficient (Wildman–Crippen LogP) is 4.13. The van der Waals surface area contributed by atoms with Crippen molar-refractivity contribution in [1.29, 1.82) is 0 Å². The van der Waals surface area contributed by atoms with Crippen molar-refractivity contribution in [3.63, 3.8) is 0 Å². The molecule has 10 heteroatoms. The minimum Gasteiger partial charge on any atom is -0.356 e.